The van der Waals surface area contributed by atoms with E-state index >= 15 is 0 Å². The Morgan fingerprint density at radius 1 is 1.26 bits per heavy atom. The highest BCUT2D eigenvalue weighted by molar-refractivity contribution is 5.79. The predicted octanol–water partition coefficient (Wildman–Crippen LogP) is 2.21. The van der Waals surface area contributed by atoms with Crippen LogP contribution in [-0.2, 0) is 24.1 Å². The summed E-state index contributed by atoms with van der Waals surface area (Å²) in [6.45, 7) is 16.9. The van der Waals surface area contributed by atoms with Crippen LogP contribution in [0.4, 0.5) is 0 Å². The first-order chi connectivity index (χ1) is 13.1. The Morgan fingerprint density at radius 2 is 2.07 bits per heavy atom. The van der Waals surface area contributed by atoms with Gasteiger partial charge >= 0.3 is 0 Å². The van der Waals surface area contributed by atoms with Crippen molar-refractivity contribution in [1.29, 1.82) is 0 Å². The Kier molecular flexibility index (Phi) is 9.07. The molecule has 1 aliphatic heterocycles. The molecule has 1 aliphatic rings. The number of aryl methyl sites for hydroxylation is 2. The molecule has 27 heavy (non-hydrogen) atoms. The number of hydrogen-bond acceptors (Lipinski definition) is 5. The van der Waals surface area contributed by atoms with Crippen LogP contribution in [0, 0.1) is 5.92 Å². The predicted molar refractivity (Wildman–Crippen MR) is 109 cm³/mol. The highest BCUT2D eigenvalue weighted by Crippen LogP contribution is 2.16. The van der Waals surface area contributed by atoms with Gasteiger partial charge in [0.25, 0.3) is 0 Å². The number of nitrogens with one attached hydrogen (secondary N) is 2. The van der Waals surface area contributed by atoms with E-state index in [4.69, 9.17) is 14.3 Å². The lowest BCUT2D eigenvalue weighted by Gasteiger charge is -2.34. The molecule has 0 aromatic carbocycles. The van der Waals surface area contributed by atoms with E-state index in [1.54, 1.807) is 0 Å². The van der Waals surface area contributed by atoms with Gasteiger partial charge in [-0.3, -0.25) is 4.90 Å². The summed E-state index contributed by atoms with van der Waals surface area (Å²) in [4.78, 5) is 7.24. The number of hydrogen-bond donors (Lipinski definition) is 2. The van der Waals surface area contributed by atoms with Crippen LogP contribution in [0.1, 0.15) is 51.6 Å². The van der Waals surface area contributed by atoms with Crippen LogP contribution in [0.2, 0.25) is 0 Å². The van der Waals surface area contributed by atoms with E-state index in [2.05, 4.69) is 55.3 Å². The van der Waals surface area contributed by atoms with Gasteiger partial charge in [0.05, 0.1) is 24.9 Å². The Morgan fingerprint density at radius 3 is 2.74 bits per heavy atom. The minimum Gasteiger partial charge on any atom is -0.374 e. The summed E-state index contributed by atoms with van der Waals surface area (Å²) >= 11 is 0. The van der Waals surface area contributed by atoms with E-state index in [1.807, 2.05) is 0 Å². The minimum absolute atomic E-state index is 0.189. The Labute approximate surface area is 163 Å². The van der Waals surface area contributed by atoms with E-state index in [0.29, 0.717) is 12.5 Å². The van der Waals surface area contributed by atoms with Crippen molar-refractivity contribution in [2.75, 3.05) is 39.3 Å². The minimum atomic E-state index is 0.189. The van der Waals surface area contributed by atoms with Crippen LogP contribution in [0.15, 0.2) is 9.52 Å². The zero-order valence-electron chi connectivity index (χ0n) is 17.7. The first-order valence-corrected chi connectivity index (χ1v) is 10.4. The molecule has 1 aromatic heterocycles. The second-order valence-electron chi connectivity index (χ2n) is 7.46. The standard InChI is InChI=1S/C20H37N5O2/c1-6-18-17(19(7-2)27-24-18)12-23-20(21-8-3)22-11-16-14-25(9-10-26-16)13-15(4)5/h15-16H,6-14H2,1-5H3,(H2,21,22,23). The molecule has 7 heteroatoms. The second kappa shape index (κ2) is 11.3. The van der Waals surface area contributed by atoms with Gasteiger partial charge in [0.1, 0.15) is 5.76 Å². The van der Waals surface area contributed by atoms with Crippen LogP contribution < -0.4 is 10.6 Å². The van der Waals surface area contributed by atoms with Crippen LogP contribution in [0.3, 0.4) is 0 Å². The summed E-state index contributed by atoms with van der Waals surface area (Å²) in [6, 6.07) is 0. The fourth-order valence-electron chi connectivity index (χ4n) is 3.41. The number of guanidine groups is 1. The second-order valence-corrected chi connectivity index (χ2v) is 7.46. The third kappa shape index (κ3) is 6.81. The molecule has 154 valence electrons. The normalized spacial score (nSPS) is 18.9. The summed E-state index contributed by atoms with van der Waals surface area (Å²) in [5.41, 5.74) is 2.13. The van der Waals surface area contributed by atoms with E-state index in [9.17, 15) is 0 Å². The summed E-state index contributed by atoms with van der Waals surface area (Å²) in [6.07, 6.45) is 1.89. The summed E-state index contributed by atoms with van der Waals surface area (Å²) in [5, 5.41) is 10.9. The molecule has 0 spiro atoms. The number of nitrogens with zero attached hydrogens (tertiary/aromatic N) is 3. The fourth-order valence-corrected chi connectivity index (χ4v) is 3.41. The summed E-state index contributed by atoms with van der Waals surface area (Å²) in [7, 11) is 0. The molecular weight excluding hydrogens is 342 g/mol. The zero-order chi connectivity index (χ0) is 19.6. The van der Waals surface area contributed by atoms with Crippen molar-refractivity contribution < 1.29 is 9.26 Å². The van der Waals surface area contributed by atoms with Crippen molar-refractivity contribution in [2.45, 2.75) is 60.1 Å². The fraction of sp³-hybridized carbons (Fsp3) is 0.800. The van der Waals surface area contributed by atoms with Crippen LogP contribution in [0.5, 0.6) is 0 Å². The van der Waals surface area contributed by atoms with Gasteiger partial charge < -0.3 is 19.9 Å². The average molecular weight is 380 g/mol. The average Bonchev–Trinajstić information content (AvgIpc) is 3.05. The van der Waals surface area contributed by atoms with Crippen molar-refractivity contribution in [1.82, 2.24) is 20.7 Å². The molecule has 0 aliphatic carbocycles. The Balaban J connectivity index is 1.93. The third-order valence-electron chi connectivity index (χ3n) is 4.69. The lowest BCUT2D eigenvalue weighted by molar-refractivity contribution is -0.0284. The number of aliphatic imine (C=N–C) groups is 1. The van der Waals surface area contributed by atoms with Crippen molar-refractivity contribution in [3.8, 4) is 0 Å². The molecule has 0 radical (unpaired) electrons. The van der Waals surface area contributed by atoms with Crippen molar-refractivity contribution in [3.05, 3.63) is 17.0 Å². The molecule has 0 saturated carbocycles. The van der Waals surface area contributed by atoms with Crippen molar-refractivity contribution in [2.24, 2.45) is 10.9 Å². The number of morpholine rings is 1. The van der Waals surface area contributed by atoms with E-state index in [-0.39, 0.29) is 6.10 Å². The molecule has 1 unspecified atom stereocenters. The van der Waals surface area contributed by atoms with E-state index in [0.717, 1.165) is 75.1 Å². The molecule has 1 fully saturated rings. The molecule has 0 bridgehead atoms. The van der Waals surface area contributed by atoms with Crippen LogP contribution >= 0.6 is 0 Å². The monoisotopic (exact) mass is 379 g/mol. The number of aromatic nitrogens is 1. The Bertz CT molecular complexity index is 563. The molecule has 2 N–H and O–H groups in total. The lowest BCUT2D eigenvalue weighted by Crippen LogP contribution is -2.50. The topological polar surface area (TPSA) is 74.9 Å². The molecule has 1 atom stereocenters. The molecule has 1 aromatic rings. The third-order valence-corrected chi connectivity index (χ3v) is 4.69. The molecule has 0 amide bonds. The van der Waals surface area contributed by atoms with Gasteiger partial charge in [-0.15, -0.1) is 0 Å². The number of rotatable bonds is 9. The SMILES string of the molecule is CCNC(=NCc1c(CC)noc1CC)NCC1CN(CC(C)C)CCO1. The maximum Gasteiger partial charge on any atom is 0.191 e. The van der Waals surface area contributed by atoms with Gasteiger partial charge in [-0.2, -0.15) is 0 Å². The number of ether oxygens (including phenoxy) is 1. The smallest absolute Gasteiger partial charge is 0.191 e. The van der Waals surface area contributed by atoms with Crippen LogP contribution in [0.25, 0.3) is 0 Å². The van der Waals surface area contributed by atoms with Crippen molar-refractivity contribution >= 4 is 5.96 Å². The van der Waals surface area contributed by atoms with Crippen molar-refractivity contribution in [3.63, 3.8) is 0 Å². The van der Waals surface area contributed by atoms with Gasteiger partial charge in [-0.05, 0) is 19.3 Å². The van der Waals surface area contributed by atoms with Gasteiger partial charge in [0, 0.05) is 44.7 Å². The first kappa shape index (κ1) is 21.7. The van der Waals surface area contributed by atoms with Crippen LogP contribution in [-0.4, -0.2) is 61.5 Å². The van der Waals surface area contributed by atoms with E-state index < -0.39 is 0 Å². The highest BCUT2D eigenvalue weighted by atomic mass is 16.5. The molecule has 7 nitrogen and oxygen atoms in total. The molecule has 2 rings (SSSR count). The largest absolute Gasteiger partial charge is 0.374 e. The summed E-state index contributed by atoms with van der Waals surface area (Å²) in [5.74, 6) is 2.43. The van der Waals surface area contributed by atoms with Gasteiger partial charge in [-0.1, -0.05) is 32.9 Å². The zero-order valence-corrected chi connectivity index (χ0v) is 17.7. The van der Waals surface area contributed by atoms with Gasteiger partial charge in [0.2, 0.25) is 0 Å². The van der Waals surface area contributed by atoms with Gasteiger partial charge in [-0.25, -0.2) is 4.99 Å². The first-order valence-electron chi connectivity index (χ1n) is 10.4. The van der Waals surface area contributed by atoms with E-state index in [1.165, 1.54) is 0 Å². The molecular formula is C20H37N5O2. The molecule has 1 saturated heterocycles. The lowest BCUT2D eigenvalue weighted by atomic mass is 10.1. The van der Waals surface area contributed by atoms with Gasteiger partial charge in [0.15, 0.2) is 5.96 Å². The summed E-state index contributed by atoms with van der Waals surface area (Å²) < 4.78 is 11.4. The maximum atomic E-state index is 5.93. The highest BCUT2D eigenvalue weighted by Gasteiger charge is 2.21. The quantitative estimate of drug-likeness (QED) is 0.506. The maximum absolute atomic E-state index is 5.93. The Hall–Kier alpha value is -1.60. The molecule has 2 heterocycles.